The number of aryl methyl sites for hydroxylation is 1. The largest absolute Gasteiger partial charge is 0.459 e. The molecular formula is C14H11BrN2O2S. The van der Waals surface area contributed by atoms with E-state index >= 15 is 0 Å². The van der Waals surface area contributed by atoms with Crippen LogP contribution in [0.25, 0.3) is 11.7 Å². The Labute approximate surface area is 128 Å². The van der Waals surface area contributed by atoms with Gasteiger partial charge in [0.1, 0.15) is 0 Å². The minimum Gasteiger partial charge on any atom is -0.459 e. The van der Waals surface area contributed by atoms with Gasteiger partial charge in [-0.3, -0.25) is 0 Å². The van der Waals surface area contributed by atoms with Crippen LogP contribution in [0, 0.1) is 6.92 Å². The fourth-order valence-electron chi connectivity index (χ4n) is 1.67. The van der Waals surface area contributed by atoms with Gasteiger partial charge in [-0.1, -0.05) is 15.9 Å². The molecule has 0 spiro atoms. The summed E-state index contributed by atoms with van der Waals surface area (Å²) in [6, 6.07) is 9.97. The summed E-state index contributed by atoms with van der Waals surface area (Å²) in [5.41, 5.74) is 0.987. The van der Waals surface area contributed by atoms with Crippen LogP contribution in [0.4, 0.5) is 0 Å². The normalized spacial score (nSPS) is 10.9. The second-order valence-corrected chi connectivity index (χ2v) is 6.14. The lowest BCUT2D eigenvalue weighted by atomic mass is 10.3. The van der Waals surface area contributed by atoms with Crippen LogP contribution in [0.3, 0.4) is 0 Å². The van der Waals surface area contributed by atoms with E-state index in [1.54, 1.807) is 18.0 Å². The zero-order chi connectivity index (χ0) is 13.9. The molecule has 0 aliphatic carbocycles. The van der Waals surface area contributed by atoms with Gasteiger partial charge in [-0.15, -0.1) is 22.0 Å². The number of hydrogen-bond acceptors (Lipinski definition) is 5. The number of rotatable bonds is 4. The number of furan rings is 1. The van der Waals surface area contributed by atoms with E-state index in [-0.39, 0.29) is 0 Å². The summed E-state index contributed by atoms with van der Waals surface area (Å²) < 4.78 is 12.0. The summed E-state index contributed by atoms with van der Waals surface area (Å²) in [6.45, 7) is 1.94. The molecule has 0 saturated heterocycles. The Morgan fingerprint density at radius 3 is 2.65 bits per heavy atom. The Morgan fingerprint density at radius 2 is 1.95 bits per heavy atom. The van der Waals surface area contributed by atoms with Gasteiger partial charge in [-0.05, 0) is 37.3 Å². The van der Waals surface area contributed by atoms with E-state index in [1.807, 2.05) is 37.3 Å². The van der Waals surface area contributed by atoms with E-state index < -0.39 is 0 Å². The Hall–Kier alpha value is -1.53. The number of thioether (sulfide) groups is 1. The highest BCUT2D eigenvalue weighted by Crippen LogP contribution is 2.27. The molecule has 20 heavy (non-hydrogen) atoms. The van der Waals surface area contributed by atoms with E-state index in [0.29, 0.717) is 23.3 Å². The summed E-state index contributed by atoms with van der Waals surface area (Å²) in [5.74, 6) is 2.29. The van der Waals surface area contributed by atoms with Crippen molar-refractivity contribution in [1.82, 2.24) is 10.2 Å². The van der Waals surface area contributed by atoms with Crippen molar-refractivity contribution >= 4 is 27.7 Å². The van der Waals surface area contributed by atoms with Crippen LogP contribution in [0.15, 0.2) is 54.8 Å². The number of aromatic nitrogens is 2. The monoisotopic (exact) mass is 350 g/mol. The SMILES string of the molecule is Cc1ccoc1-c1nnc(CSc2ccc(Br)cc2)o1. The molecule has 0 aliphatic rings. The Bertz CT molecular complexity index is 706. The summed E-state index contributed by atoms with van der Waals surface area (Å²) in [7, 11) is 0. The molecule has 102 valence electrons. The lowest BCUT2D eigenvalue weighted by molar-refractivity contribution is 0.493. The predicted molar refractivity (Wildman–Crippen MR) is 80.4 cm³/mol. The first-order valence-electron chi connectivity index (χ1n) is 5.97. The summed E-state index contributed by atoms with van der Waals surface area (Å²) in [5, 5.41) is 8.05. The molecule has 1 aromatic carbocycles. The summed E-state index contributed by atoms with van der Waals surface area (Å²) in [6.07, 6.45) is 1.62. The van der Waals surface area contributed by atoms with Crippen molar-refractivity contribution in [2.75, 3.05) is 0 Å². The van der Waals surface area contributed by atoms with Crippen molar-refractivity contribution in [3.8, 4) is 11.7 Å². The molecule has 0 amide bonds. The predicted octanol–water partition coefficient (Wildman–Crippen LogP) is 4.69. The van der Waals surface area contributed by atoms with E-state index in [4.69, 9.17) is 8.83 Å². The molecule has 0 fully saturated rings. The molecule has 2 heterocycles. The number of halogens is 1. The number of hydrogen-bond donors (Lipinski definition) is 0. The standard InChI is InChI=1S/C14H11BrN2O2S/c1-9-6-7-18-13(9)14-17-16-12(19-14)8-20-11-4-2-10(15)3-5-11/h2-7H,8H2,1H3. The van der Waals surface area contributed by atoms with Gasteiger partial charge in [0, 0.05) is 14.9 Å². The third kappa shape index (κ3) is 2.96. The van der Waals surface area contributed by atoms with Gasteiger partial charge < -0.3 is 8.83 Å². The zero-order valence-corrected chi connectivity index (χ0v) is 13.1. The van der Waals surface area contributed by atoms with Crippen molar-refractivity contribution in [2.24, 2.45) is 0 Å². The van der Waals surface area contributed by atoms with Crippen LogP contribution >= 0.6 is 27.7 Å². The number of nitrogens with zero attached hydrogens (tertiary/aromatic N) is 2. The third-order valence-electron chi connectivity index (χ3n) is 2.70. The fourth-order valence-corrected chi connectivity index (χ4v) is 2.67. The van der Waals surface area contributed by atoms with Crippen LogP contribution in [0.5, 0.6) is 0 Å². The Balaban J connectivity index is 1.69. The van der Waals surface area contributed by atoms with E-state index in [9.17, 15) is 0 Å². The van der Waals surface area contributed by atoms with Gasteiger partial charge in [-0.2, -0.15) is 0 Å². The molecule has 0 radical (unpaired) electrons. The highest BCUT2D eigenvalue weighted by Gasteiger charge is 2.13. The second kappa shape index (κ2) is 5.85. The van der Waals surface area contributed by atoms with Crippen LogP contribution in [-0.2, 0) is 5.75 Å². The Morgan fingerprint density at radius 1 is 1.15 bits per heavy atom. The molecule has 0 N–H and O–H groups in total. The molecule has 0 saturated carbocycles. The molecule has 3 aromatic rings. The second-order valence-electron chi connectivity index (χ2n) is 4.18. The van der Waals surface area contributed by atoms with Gasteiger partial charge in [0.15, 0.2) is 5.76 Å². The zero-order valence-electron chi connectivity index (χ0n) is 10.7. The maximum absolute atomic E-state index is 5.61. The maximum atomic E-state index is 5.61. The highest BCUT2D eigenvalue weighted by atomic mass is 79.9. The van der Waals surface area contributed by atoms with E-state index in [0.717, 1.165) is 14.9 Å². The van der Waals surface area contributed by atoms with Crippen molar-refractivity contribution < 1.29 is 8.83 Å². The van der Waals surface area contributed by atoms with Crippen molar-refractivity contribution in [2.45, 2.75) is 17.6 Å². The van der Waals surface area contributed by atoms with Gasteiger partial charge in [0.2, 0.25) is 5.89 Å². The molecule has 0 atom stereocenters. The first kappa shape index (κ1) is 13.5. The molecule has 4 nitrogen and oxygen atoms in total. The van der Waals surface area contributed by atoms with Gasteiger partial charge in [0.25, 0.3) is 5.89 Å². The van der Waals surface area contributed by atoms with Gasteiger partial charge in [0.05, 0.1) is 12.0 Å². The van der Waals surface area contributed by atoms with Crippen LogP contribution in [0.1, 0.15) is 11.5 Å². The highest BCUT2D eigenvalue weighted by molar-refractivity contribution is 9.10. The molecule has 6 heteroatoms. The quantitative estimate of drug-likeness (QED) is 0.638. The molecule has 0 unspecified atom stereocenters. The maximum Gasteiger partial charge on any atom is 0.283 e. The van der Waals surface area contributed by atoms with Crippen LogP contribution in [-0.4, -0.2) is 10.2 Å². The smallest absolute Gasteiger partial charge is 0.283 e. The van der Waals surface area contributed by atoms with E-state index in [1.165, 1.54) is 0 Å². The molecular weight excluding hydrogens is 340 g/mol. The lowest BCUT2D eigenvalue weighted by Gasteiger charge is -1.98. The molecule has 0 aliphatic heterocycles. The first-order valence-corrected chi connectivity index (χ1v) is 7.75. The summed E-state index contributed by atoms with van der Waals surface area (Å²) >= 11 is 5.06. The van der Waals surface area contributed by atoms with Gasteiger partial charge >= 0.3 is 0 Å². The van der Waals surface area contributed by atoms with Crippen LogP contribution in [0.2, 0.25) is 0 Å². The minimum atomic E-state index is 0.430. The average molecular weight is 351 g/mol. The molecule has 3 rings (SSSR count). The van der Waals surface area contributed by atoms with Crippen molar-refractivity contribution in [1.29, 1.82) is 0 Å². The minimum absolute atomic E-state index is 0.430. The molecule has 2 aromatic heterocycles. The van der Waals surface area contributed by atoms with E-state index in [2.05, 4.69) is 26.1 Å². The number of benzene rings is 1. The summed E-state index contributed by atoms with van der Waals surface area (Å²) in [4.78, 5) is 1.15. The van der Waals surface area contributed by atoms with Crippen LogP contribution < -0.4 is 0 Å². The Kier molecular flexibility index (Phi) is 3.93. The first-order chi connectivity index (χ1) is 9.72. The third-order valence-corrected chi connectivity index (χ3v) is 4.22. The van der Waals surface area contributed by atoms with Crippen molar-refractivity contribution in [3.05, 3.63) is 52.5 Å². The van der Waals surface area contributed by atoms with Crippen molar-refractivity contribution in [3.63, 3.8) is 0 Å². The topological polar surface area (TPSA) is 52.1 Å². The lowest BCUT2D eigenvalue weighted by Crippen LogP contribution is -1.80. The fraction of sp³-hybridized carbons (Fsp3) is 0.143. The van der Waals surface area contributed by atoms with Gasteiger partial charge in [-0.25, -0.2) is 0 Å². The molecule has 0 bridgehead atoms. The average Bonchev–Trinajstić information content (AvgIpc) is 3.06.